The maximum absolute atomic E-state index is 10.7. The molecule has 1 N–H and O–H groups in total. The van der Waals surface area contributed by atoms with E-state index in [9.17, 15) is 5.11 Å². The van der Waals surface area contributed by atoms with E-state index >= 15 is 0 Å². The summed E-state index contributed by atoms with van der Waals surface area (Å²) < 4.78 is 33.4. The second-order valence-electron chi connectivity index (χ2n) is 6.72. The lowest BCUT2D eigenvalue weighted by molar-refractivity contribution is -0.137. The molecule has 0 saturated carbocycles. The van der Waals surface area contributed by atoms with E-state index in [1.165, 1.54) is 0 Å². The molecular weight excluding hydrogens is 352 g/mol. The Morgan fingerprint density at radius 1 is 0.926 bits per heavy atom. The van der Waals surface area contributed by atoms with Crippen molar-refractivity contribution in [3.05, 3.63) is 35.4 Å². The Kier molecular flexibility index (Phi) is 4.19. The molecule has 4 rings (SSSR count). The number of hydrogen-bond donors (Lipinski definition) is 1. The fourth-order valence-electron chi connectivity index (χ4n) is 3.70. The summed E-state index contributed by atoms with van der Waals surface area (Å²) in [6, 6.07) is 7.24. The first kappa shape index (κ1) is 17.6. The zero-order chi connectivity index (χ0) is 19.2. The molecule has 0 radical (unpaired) electrons. The number of benzene rings is 2. The molecule has 2 heterocycles. The Morgan fingerprint density at radius 2 is 1.56 bits per heavy atom. The maximum atomic E-state index is 10.7. The van der Waals surface area contributed by atoms with Gasteiger partial charge in [0, 0.05) is 48.6 Å². The van der Waals surface area contributed by atoms with Crippen LogP contribution in [-0.2, 0) is 0 Å². The molecule has 2 aromatic rings. The quantitative estimate of drug-likeness (QED) is 0.881. The highest BCUT2D eigenvalue weighted by Crippen LogP contribution is 2.52. The summed E-state index contributed by atoms with van der Waals surface area (Å²) in [5, 5.41) is 10.7. The van der Waals surface area contributed by atoms with Gasteiger partial charge in [-0.1, -0.05) is 0 Å². The molecule has 0 amide bonds. The monoisotopic (exact) mass is 374 g/mol. The van der Waals surface area contributed by atoms with Crippen molar-refractivity contribution in [3.63, 3.8) is 0 Å². The third-order valence-electron chi connectivity index (χ3n) is 4.89. The SMILES string of the molecule is COc1cc(OC)c([C@H]2C[C@](C)(O)Oc3cc4c(cc32)OCO4)c(OC)c1. The number of fused-ring (bicyclic) bond motifs is 2. The minimum absolute atomic E-state index is 0.161. The average molecular weight is 374 g/mol. The van der Waals surface area contributed by atoms with E-state index in [4.69, 9.17) is 28.4 Å². The van der Waals surface area contributed by atoms with Crippen LogP contribution in [0, 0.1) is 0 Å². The van der Waals surface area contributed by atoms with Crippen LogP contribution in [0.1, 0.15) is 30.4 Å². The van der Waals surface area contributed by atoms with Crippen molar-refractivity contribution in [2.75, 3.05) is 28.1 Å². The van der Waals surface area contributed by atoms with Gasteiger partial charge in [-0.05, 0) is 6.07 Å². The lowest BCUT2D eigenvalue weighted by Gasteiger charge is -2.37. The first-order chi connectivity index (χ1) is 13.0. The van der Waals surface area contributed by atoms with Gasteiger partial charge in [-0.2, -0.15) is 0 Å². The summed E-state index contributed by atoms with van der Waals surface area (Å²) in [5.74, 6) is 2.03. The maximum Gasteiger partial charge on any atom is 0.231 e. The molecule has 0 bridgehead atoms. The van der Waals surface area contributed by atoms with Gasteiger partial charge in [0.2, 0.25) is 12.6 Å². The van der Waals surface area contributed by atoms with Crippen molar-refractivity contribution in [1.82, 2.24) is 0 Å². The van der Waals surface area contributed by atoms with E-state index in [2.05, 4.69) is 0 Å². The molecule has 0 aliphatic carbocycles. The summed E-state index contributed by atoms with van der Waals surface area (Å²) >= 11 is 0. The van der Waals surface area contributed by atoms with Gasteiger partial charge in [-0.3, -0.25) is 0 Å². The summed E-state index contributed by atoms with van der Waals surface area (Å²) in [6.45, 7) is 1.80. The second-order valence-corrected chi connectivity index (χ2v) is 6.72. The number of hydrogen-bond acceptors (Lipinski definition) is 7. The van der Waals surface area contributed by atoms with Crippen LogP contribution in [0.2, 0.25) is 0 Å². The predicted molar refractivity (Wildman–Crippen MR) is 96.4 cm³/mol. The van der Waals surface area contributed by atoms with Gasteiger partial charge >= 0.3 is 0 Å². The Bertz CT molecular complexity index is 850. The van der Waals surface area contributed by atoms with Gasteiger partial charge in [0.05, 0.1) is 21.3 Å². The van der Waals surface area contributed by atoms with Crippen molar-refractivity contribution >= 4 is 0 Å². The third-order valence-corrected chi connectivity index (χ3v) is 4.89. The highest BCUT2D eigenvalue weighted by molar-refractivity contribution is 5.61. The average Bonchev–Trinajstić information content (AvgIpc) is 3.11. The molecule has 2 atom stereocenters. The van der Waals surface area contributed by atoms with E-state index < -0.39 is 5.79 Å². The Morgan fingerprint density at radius 3 is 2.15 bits per heavy atom. The fourth-order valence-corrected chi connectivity index (χ4v) is 3.70. The molecule has 0 fully saturated rings. The number of aliphatic hydroxyl groups is 1. The van der Waals surface area contributed by atoms with Crippen molar-refractivity contribution in [2.45, 2.75) is 25.0 Å². The molecule has 0 spiro atoms. The van der Waals surface area contributed by atoms with Crippen molar-refractivity contribution in [3.8, 4) is 34.5 Å². The first-order valence-corrected chi connectivity index (χ1v) is 8.60. The van der Waals surface area contributed by atoms with Gasteiger partial charge in [0.1, 0.15) is 23.0 Å². The summed E-state index contributed by atoms with van der Waals surface area (Å²) in [4.78, 5) is 0. The minimum Gasteiger partial charge on any atom is -0.496 e. The lowest BCUT2D eigenvalue weighted by atomic mass is 9.82. The van der Waals surface area contributed by atoms with E-state index in [1.54, 1.807) is 46.5 Å². The van der Waals surface area contributed by atoms with Crippen LogP contribution in [0.3, 0.4) is 0 Å². The predicted octanol–water partition coefficient (Wildman–Crippen LogP) is 3.06. The van der Waals surface area contributed by atoms with E-state index in [-0.39, 0.29) is 12.7 Å². The zero-order valence-corrected chi connectivity index (χ0v) is 15.7. The zero-order valence-electron chi connectivity index (χ0n) is 15.7. The van der Waals surface area contributed by atoms with E-state index in [1.807, 2.05) is 6.07 Å². The number of methoxy groups -OCH3 is 3. The van der Waals surface area contributed by atoms with Gasteiger partial charge in [0.15, 0.2) is 11.5 Å². The smallest absolute Gasteiger partial charge is 0.231 e. The number of rotatable bonds is 4. The standard InChI is InChI=1S/C20H22O7/c1-20(21)9-13(12-7-15-16(26-10-25-15)8-14(12)27-20)19-17(23-3)5-11(22-2)6-18(19)24-4/h5-8,13,21H,9-10H2,1-4H3/t13-,20+/m0/s1. The molecule has 2 aliphatic rings. The summed E-state index contributed by atoms with van der Waals surface area (Å²) in [5.41, 5.74) is 1.68. The van der Waals surface area contributed by atoms with Crippen LogP contribution in [0.15, 0.2) is 24.3 Å². The Labute approximate surface area is 157 Å². The molecular formula is C20H22O7. The van der Waals surface area contributed by atoms with Crippen molar-refractivity contribution < 1.29 is 33.5 Å². The highest BCUT2D eigenvalue weighted by atomic mass is 16.7. The molecule has 0 aromatic heterocycles. The molecule has 7 nitrogen and oxygen atoms in total. The molecule has 2 aromatic carbocycles. The highest BCUT2D eigenvalue weighted by Gasteiger charge is 2.40. The van der Waals surface area contributed by atoms with Crippen molar-refractivity contribution in [2.24, 2.45) is 0 Å². The molecule has 2 aliphatic heterocycles. The normalized spacial score (nSPS) is 22.6. The van der Waals surface area contributed by atoms with Crippen LogP contribution >= 0.6 is 0 Å². The number of ether oxygens (including phenoxy) is 6. The molecule has 0 saturated heterocycles. The minimum atomic E-state index is -1.36. The first-order valence-electron chi connectivity index (χ1n) is 8.60. The van der Waals surface area contributed by atoms with Crippen LogP contribution in [0.4, 0.5) is 0 Å². The Hall–Kier alpha value is -2.80. The van der Waals surface area contributed by atoms with Gasteiger partial charge in [0.25, 0.3) is 0 Å². The summed E-state index contributed by atoms with van der Waals surface area (Å²) in [6.07, 6.45) is 0.318. The van der Waals surface area contributed by atoms with Crippen molar-refractivity contribution in [1.29, 1.82) is 0 Å². The lowest BCUT2D eigenvalue weighted by Crippen LogP contribution is -2.38. The van der Waals surface area contributed by atoms with Crippen LogP contribution in [-0.4, -0.2) is 39.0 Å². The van der Waals surface area contributed by atoms with Crippen LogP contribution < -0.4 is 28.4 Å². The molecule has 7 heteroatoms. The second kappa shape index (κ2) is 6.42. The van der Waals surface area contributed by atoms with E-state index in [0.29, 0.717) is 40.9 Å². The van der Waals surface area contributed by atoms with Gasteiger partial charge < -0.3 is 33.5 Å². The van der Waals surface area contributed by atoms with E-state index in [0.717, 1.165) is 11.1 Å². The molecule has 27 heavy (non-hydrogen) atoms. The van der Waals surface area contributed by atoms with Crippen LogP contribution in [0.5, 0.6) is 34.5 Å². The van der Waals surface area contributed by atoms with Gasteiger partial charge in [-0.25, -0.2) is 0 Å². The molecule has 144 valence electrons. The Balaban J connectivity index is 1.92. The van der Waals surface area contributed by atoms with Gasteiger partial charge in [-0.15, -0.1) is 0 Å². The third kappa shape index (κ3) is 2.98. The fraction of sp³-hybridized carbons (Fsp3) is 0.400. The largest absolute Gasteiger partial charge is 0.496 e. The molecule has 0 unspecified atom stereocenters. The summed E-state index contributed by atoms with van der Waals surface area (Å²) in [7, 11) is 4.77. The van der Waals surface area contributed by atoms with Crippen LogP contribution in [0.25, 0.3) is 0 Å². The topological polar surface area (TPSA) is 75.6 Å².